The van der Waals surface area contributed by atoms with Crippen molar-refractivity contribution in [3.8, 4) is 0 Å². The van der Waals surface area contributed by atoms with Gasteiger partial charge in [-0.25, -0.2) is 0 Å². The molecule has 1 amide bonds. The second-order valence-electron chi connectivity index (χ2n) is 16.0. The molecule has 0 aromatic heterocycles. The molecular formula is C49H91NO4. The first-order valence-electron chi connectivity index (χ1n) is 23.4. The molecule has 0 radical (unpaired) electrons. The van der Waals surface area contributed by atoms with Crippen LogP contribution in [0.25, 0.3) is 0 Å². The van der Waals surface area contributed by atoms with Crippen molar-refractivity contribution in [2.75, 3.05) is 6.61 Å². The quantitative estimate of drug-likeness (QED) is 0.0369. The minimum Gasteiger partial charge on any atom is -0.394 e. The molecule has 0 spiro atoms. The van der Waals surface area contributed by atoms with Gasteiger partial charge in [0.2, 0.25) is 5.91 Å². The molecule has 0 saturated carbocycles. The summed E-state index contributed by atoms with van der Waals surface area (Å²) in [5, 5.41) is 33.2. The minimum atomic E-state index is -0.961. The lowest BCUT2D eigenvalue weighted by Gasteiger charge is -2.21. The molecule has 0 heterocycles. The molecule has 0 fully saturated rings. The summed E-state index contributed by atoms with van der Waals surface area (Å²) in [6.07, 6.45) is 56.9. The third-order valence-electron chi connectivity index (χ3n) is 10.6. The van der Waals surface area contributed by atoms with Crippen molar-refractivity contribution < 1.29 is 20.1 Å². The first kappa shape index (κ1) is 52.3. The van der Waals surface area contributed by atoms with Crippen molar-refractivity contribution in [3.05, 3.63) is 48.6 Å². The Hall–Kier alpha value is -1.69. The first-order valence-corrected chi connectivity index (χ1v) is 23.4. The van der Waals surface area contributed by atoms with Crippen LogP contribution in [-0.2, 0) is 4.79 Å². The summed E-state index contributed by atoms with van der Waals surface area (Å²) in [6, 6.07) is -0.769. The molecule has 0 aromatic carbocycles. The lowest BCUT2D eigenvalue weighted by atomic mass is 10.0. The van der Waals surface area contributed by atoms with E-state index in [0.717, 1.165) is 38.5 Å². The van der Waals surface area contributed by atoms with Crippen LogP contribution in [0.15, 0.2) is 48.6 Å². The molecule has 4 N–H and O–H groups in total. The topological polar surface area (TPSA) is 89.8 Å². The summed E-state index contributed by atoms with van der Waals surface area (Å²) in [6.45, 7) is 4.19. The van der Waals surface area contributed by atoms with Gasteiger partial charge in [-0.15, -0.1) is 0 Å². The standard InChI is InChI=1S/C49H91NO4/c1-3-5-7-9-11-13-15-17-19-21-22-23-24-25-26-27-28-30-32-34-36-38-40-42-46(52)44-49(54)50-47(45-51)48(53)43-41-39-37-35-33-31-29-20-18-16-14-12-10-8-6-4-2/h18,20,25-26,33,35,41,43,46-48,51-53H,3-17,19,21-24,27-32,34,36-40,42,44-45H2,1-2H3,(H,50,54)/b20-18+,26-25-,35-33+,43-41+. The molecule has 316 valence electrons. The Bertz CT molecular complexity index is 881. The molecule has 5 heteroatoms. The molecule has 0 saturated heterocycles. The lowest BCUT2D eigenvalue weighted by molar-refractivity contribution is -0.124. The maximum Gasteiger partial charge on any atom is 0.222 e. The molecule has 0 rings (SSSR count). The van der Waals surface area contributed by atoms with Crippen LogP contribution in [0.2, 0.25) is 0 Å². The monoisotopic (exact) mass is 758 g/mol. The van der Waals surface area contributed by atoms with Crippen molar-refractivity contribution in [3.63, 3.8) is 0 Å². The Morgan fingerprint density at radius 1 is 0.463 bits per heavy atom. The third kappa shape index (κ3) is 40.0. The van der Waals surface area contributed by atoms with E-state index in [1.165, 1.54) is 167 Å². The number of carbonyl (C=O) groups is 1. The Morgan fingerprint density at radius 3 is 1.19 bits per heavy atom. The number of hydrogen-bond donors (Lipinski definition) is 4. The van der Waals surface area contributed by atoms with Crippen molar-refractivity contribution in [2.24, 2.45) is 0 Å². The third-order valence-corrected chi connectivity index (χ3v) is 10.6. The lowest BCUT2D eigenvalue weighted by Crippen LogP contribution is -2.45. The van der Waals surface area contributed by atoms with E-state index < -0.39 is 18.2 Å². The summed E-state index contributed by atoms with van der Waals surface area (Å²) >= 11 is 0. The van der Waals surface area contributed by atoms with Crippen LogP contribution in [0.1, 0.15) is 232 Å². The van der Waals surface area contributed by atoms with Gasteiger partial charge in [0, 0.05) is 0 Å². The highest BCUT2D eigenvalue weighted by Gasteiger charge is 2.20. The SMILES string of the molecule is CCCCCCCC/C=C/CC/C=C/CC/C=C/C(O)C(CO)NC(=O)CC(O)CCCCCCCCC/C=C\CCCCCCCCCCCCCC. The molecule has 3 atom stereocenters. The summed E-state index contributed by atoms with van der Waals surface area (Å²) in [4.78, 5) is 12.4. The largest absolute Gasteiger partial charge is 0.394 e. The summed E-state index contributed by atoms with van der Waals surface area (Å²) in [7, 11) is 0. The molecule has 0 bridgehead atoms. The van der Waals surface area contributed by atoms with Crippen molar-refractivity contribution in [1.82, 2.24) is 5.32 Å². The molecule has 5 nitrogen and oxygen atoms in total. The zero-order valence-corrected chi connectivity index (χ0v) is 35.8. The van der Waals surface area contributed by atoms with Crippen LogP contribution in [0.4, 0.5) is 0 Å². The Morgan fingerprint density at radius 2 is 0.796 bits per heavy atom. The van der Waals surface area contributed by atoms with Gasteiger partial charge in [0.05, 0.1) is 31.3 Å². The Labute approximate surface area is 336 Å². The van der Waals surface area contributed by atoms with Gasteiger partial charge in [0.15, 0.2) is 0 Å². The highest BCUT2D eigenvalue weighted by atomic mass is 16.3. The average molecular weight is 758 g/mol. The average Bonchev–Trinajstić information content (AvgIpc) is 3.16. The number of carbonyl (C=O) groups excluding carboxylic acids is 1. The number of rotatable bonds is 42. The van der Waals surface area contributed by atoms with Crippen LogP contribution < -0.4 is 5.32 Å². The second-order valence-corrected chi connectivity index (χ2v) is 16.0. The number of allylic oxidation sites excluding steroid dienone is 7. The molecule has 54 heavy (non-hydrogen) atoms. The zero-order valence-electron chi connectivity index (χ0n) is 35.8. The number of unbranched alkanes of at least 4 members (excludes halogenated alkanes) is 27. The van der Waals surface area contributed by atoms with Gasteiger partial charge in [-0.1, -0.05) is 204 Å². The fourth-order valence-electron chi connectivity index (χ4n) is 6.95. The van der Waals surface area contributed by atoms with Crippen LogP contribution >= 0.6 is 0 Å². The fourth-order valence-corrected chi connectivity index (χ4v) is 6.95. The van der Waals surface area contributed by atoms with Crippen LogP contribution in [-0.4, -0.2) is 46.1 Å². The molecular weight excluding hydrogens is 667 g/mol. The number of aliphatic hydroxyl groups is 3. The van der Waals surface area contributed by atoms with Crippen LogP contribution in [0.5, 0.6) is 0 Å². The van der Waals surface area contributed by atoms with E-state index in [9.17, 15) is 20.1 Å². The maximum absolute atomic E-state index is 12.4. The Balaban J connectivity index is 3.69. The normalized spacial score (nSPS) is 13.9. The van der Waals surface area contributed by atoms with E-state index in [0.29, 0.717) is 6.42 Å². The van der Waals surface area contributed by atoms with E-state index in [4.69, 9.17) is 0 Å². The predicted octanol–water partition coefficient (Wildman–Crippen LogP) is 13.7. The van der Waals surface area contributed by atoms with Gasteiger partial charge in [-0.3, -0.25) is 4.79 Å². The van der Waals surface area contributed by atoms with Gasteiger partial charge in [0.1, 0.15) is 0 Å². The number of hydrogen-bond acceptors (Lipinski definition) is 4. The van der Waals surface area contributed by atoms with E-state index in [1.807, 2.05) is 6.08 Å². The van der Waals surface area contributed by atoms with Gasteiger partial charge >= 0.3 is 0 Å². The summed E-state index contributed by atoms with van der Waals surface area (Å²) < 4.78 is 0. The van der Waals surface area contributed by atoms with Crippen LogP contribution in [0.3, 0.4) is 0 Å². The first-order chi connectivity index (χ1) is 26.5. The van der Waals surface area contributed by atoms with E-state index >= 15 is 0 Å². The smallest absolute Gasteiger partial charge is 0.222 e. The summed E-state index contributed by atoms with van der Waals surface area (Å²) in [5.41, 5.74) is 0. The Kier molecular flexibility index (Phi) is 42.7. The second kappa shape index (κ2) is 44.0. The van der Waals surface area contributed by atoms with Gasteiger partial charge in [-0.05, 0) is 70.6 Å². The van der Waals surface area contributed by atoms with E-state index in [-0.39, 0.29) is 18.9 Å². The molecule has 3 unspecified atom stereocenters. The van der Waals surface area contributed by atoms with Crippen molar-refractivity contribution in [2.45, 2.75) is 250 Å². The fraction of sp³-hybridized carbons (Fsp3) is 0.816. The molecule has 0 aliphatic carbocycles. The van der Waals surface area contributed by atoms with Gasteiger partial charge < -0.3 is 20.6 Å². The number of nitrogens with one attached hydrogen (secondary N) is 1. The predicted molar refractivity (Wildman–Crippen MR) is 236 cm³/mol. The minimum absolute atomic E-state index is 0.00120. The van der Waals surface area contributed by atoms with Crippen molar-refractivity contribution >= 4 is 5.91 Å². The molecule has 0 aliphatic rings. The van der Waals surface area contributed by atoms with Gasteiger partial charge in [-0.2, -0.15) is 0 Å². The van der Waals surface area contributed by atoms with Crippen LogP contribution in [0, 0.1) is 0 Å². The highest BCUT2D eigenvalue weighted by molar-refractivity contribution is 5.76. The number of aliphatic hydroxyl groups excluding tert-OH is 3. The zero-order chi connectivity index (χ0) is 39.4. The highest BCUT2D eigenvalue weighted by Crippen LogP contribution is 2.15. The van der Waals surface area contributed by atoms with Gasteiger partial charge in [0.25, 0.3) is 0 Å². The maximum atomic E-state index is 12.4. The van der Waals surface area contributed by atoms with E-state index in [2.05, 4.69) is 55.6 Å². The van der Waals surface area contributed by atoms with Crippen molar-refractivity contribution in [1.29, 1.82) is 0 Å². The molecule has 0 aromatic rings. The molecule has 0 aliphatic heterocycles. The van der Waals surface area contributed by atoms with E-state index in [1.54, 1.807) is 6.08 Å². The summed E-state index contributed by atoms with van der Waals surface area (Å²) in [5.74, 6) is -0.332. The number of amides is 1.